The third-order valence-corrected chi connectivity index (χ3v) is 5.28. The van der Waals surface area contributed by atoms with E-state index in [0.29, 0.717) is 24.4 Å². The highest BCUT2D eigenvalue weighted by Gasteiger charge is 2.35. The average molecular weight is 375 g/mol. The topological polar surface area (TPSA) is 65.1 Å². The average Bonchev–Trinajstić information content (AvgIpc) is 3.35. The normalized spacial score (nSPS) is 16.4. The molecule has 2 heterocycles. The lowest BCUT2D eigenvalue weighted by molar-refractivity contribution is -0.145. The molecule has 0 saturated carbocycles. The third-order valence-electron chi connectivity index (χ3n) is 4.32. The van der Waals surface area contributed by atoms with Gasteiger partial charge in [0.2, 0.25) is 0 Å². The van der Waals surface area contributed by atoms with Crippen molar-refractivity contribution in [2.24, 2.45) is 0 Å². The molecular formula is C19H21NO5S. The number of methoxy groups -OCH3 is 2. The molecule has 26 heavy (non-hydrogen) atoms. The Balaban J connectivity index is 1.61. The molecule has 7 heteroatoms. The maximum Gasteiger partial charge on any atom is 0.328 e. The molecule has 138 valence electrons. The number of thiophene rings is 1. The van der Waals surface area contributed by atoms with Crippen LogP contribution in [-0.2, 0) is 16.1 Å². The quantitative estimate of drug-likeness (QED) is 0.726. The molecule has 1 aliphatic heterocycles. The molecule has 0 spiro atoms. The summed E-state index contributed by atoms with van der Waals surface area (Å²) in [5.41, 5.74) is 0.919. The van der Waals surface area contributed by atoms with Gasteiger partial charge in [-0.2, -0.15) is 0 Å². The molecule has 6 nitrogen and oxygen atoms in total. The Morgan fingerprint density at radius 3 is 2.62 bits per heavy atom. The first-order valence-electron chi connectivity index (χ1n) is 8.35. The molecule has 0 radical (unpaired) electrons. The van der Waals surface area contributed by atoms with Gasteiger partial charge in [-0.1, -0.05) is 0 Å². The van der Waals surface area contributed by atoms with Crippen molar-refractivity contribution in [2.75, 3.05) is 20.8 Å². The highest BCUT2D eigenvalue weighted by atomic mass is 32.1. The van der Waals surface area contributed by atoms with E-state index < -0.39 is 6.04 Å². The van der Waals surface area contributed by atoms with Crippen LogP contribution in [0, 0.1) is 0 Å². The van der Waals surface area contributed by atoms with Crippen LogP contribution in [0.4, 0.5) is 0 Å². The number of ether oxygens (including phenoxy) is 3. The molecule has 0 aliphatic carbocycles. The van der Waals surface area contributed by atoms with Crippen LogP contribution >= 0.6 is 11.3 Å². The predicted molar refractivity (Wildman–Crippen MR) is 97.7 cm³/mol. The minimum Gasteiger partial charge on any atom is -0.497 e. The van der Waals surface area contributed by atoms with Gasteiger partial charge in [0, 0.05) is 12.1 Å². The minimum absolute atomic E-state index is 0.126. The first-order chi connectivity index (χ1) is 12.6. The number of carbonyl (C=O) groups excluding carboxylic acids is 2. The minimum atomic E-state index is -0.478. The van der Waals surface area contributed by atoms with Crippen LogP contribution in [0.5, 0.6) is 11.5 Å². The summed E-state index contributed by atoms with van der Waals surface area (Å²) >= 11 is 1.36. The fourth-order valence-electron chi connectivity index (χ4n) is 2.93. The maximum atomic E-state index is 12.7. The molecular weight excluding hydrogens is 354 g/mol. The van der Waals surface area contributed by atoms with Crippen LogP contribution in [0.25, 0.3) is 0 Å². The van der Waals surface area contributed by atoms with E-state index in [1.165, 1.54) is 18.4 Å². The van der Waals surface area contributed by atoms with Crippen molar-refractivity contribution in [2.45, 2.75) is 25.5 Å². The lowest BCUT2D eigenvalue weighted by Crippen LogP contribution is -2.40. The molecule has 1 unspecified atom stereocenters. The van der Waals surface area contributed by atoms with Crippen LogP contribution in [-0.4, -0.2) is 43.6 Å². The fourth-order valence-corrected chi connectivity index (χ4v) is 3.79. The van der Waals surface area contributed by atoms with Crippen molar-refractivity contribution in [1.29, 1.82) is 0 Å². The zero-order chi connectivity index (χ0) is 18.5. The van der Waals surface area contributed by atoms with Crippen LogP contribution in [0.2, 0.25) is 0 Å². The molecule has 1 aromatic heterocycles. The number of esters is 1. The van der Waals surface area contributed by atoms with Gasteiger partial charge in [-0.05, 0) is 48.6 Å². The second kappa shape index (κ2) is 8.23. The van der Waals surface area contributed by atoms with Crippen LogP contribution in [0.15, 0.2) is 35.7 Å². The Kier molecular flexibility index (Phi) is 5.78. The Morgan fingerprint density at radius 2 is 1.92 bits per heavy atom. The second-order valence-electron chi connectivity index (χ2n) is 5.96. The van der Waals surface area contributed by atoms with Gasteiger partial charge in [-0.3, -0.25) is 4.79 Å². The monoisotopic (exact) mass is 375 g/mol. The van der Waals surface area contributed by atoms with Gasteiger partial charge in [0.25, 0.3) is 5.91 Å². The number of benzene rings is 1. The van der Waals surface area contributed by atoms with Crippen LogP contribution < -0.4 is 9.47 Å². The van der Waals surface area contributed by atoms with Gasteiger partial charge in [0.15, 0.2) is 0 Å². The molecule has 1 atom stereocenters. The number of rotatable bonds is 6. The predicted octanol–water partition coefficient (Wildman–Crippen LogP) is 3.11. The Hall–Kier alpha value is -2.54. The molecule has 1 aliphatic rings. The van der Waals surface area contributed by atoms with E-state index in [4.69, 9.17) is 14.2 Å². The van der Waals surface area contributed by atoms with Gasteiger partial charge in [0.05, 0.1) is 19.1 Å². The van der Waals surface area contributed by atoms with Crippen molar-refractivity contribution >= 4 is 23.2 Å². The Morgan fingerprint density at radius 1 is 1.19 bits per heavy atom. The van der Waals surface area contributed by atoms with Gasteiger partial charge < -0.3 is 19.1 Å². The summed E-state index contributed by atoms with van der Waals surface area (Å²) in [6.45, 7) is 0.949. The Labute approximate surface area is 156 Å². The van der Waals surface area contributed by atoms with E-state index in [1.807, 2.05) is 35.7 Å². The van der Waals surface area contributed by atoms with Gasteiger partial charge in [0.1, 0.15) is 24.1 Å². The summed E-state index contributed by atoms with van der Waals surface area (Å²) in [6.07, 6.45) is 1.46. The summed E-state index contributed by atoms with van der Waals surface area (Å²) in [6, 6.07) is 8.68. The number of likely N-dealkylation sites (tertiary alicyclic amines) is 1. The number of carbonyl (C=O) groups is 2. The van der Waals surface area contributed by atoms with Gasteiger partial charge >= 0.3 is 5.97 Å². The van der Waals surface area contributed by atoms with E-state index in [2.05, 4.69) is 0 Å². The molecule has 0 N–H and O–H groups in total. The molecule has 0 bridgehead atoms. The molecule has 1 amide bonds. The molecule has 1 fully saturated rings. The van der Waals surface area contributed by atoms with E-state index in [-0.39, 0.29) is 11.9 Å². The summed E-state index contributed by atoms with van der Waals surface area (Å²) < 4.78 is 15.7. The SMILES string of the molecule is COC(=O)C1CCCN1C(=O)c1cc(COc2ccc(OC)cc2)cs1. The highest BCUT2D eigenvalue weighted by Crippen LogP contribution is 2.25. The second-order valence-corrected chi connectivity index (χ2v) is 6.87. The maximum absolute atomic E-state index is 12.7. The lowest BCUT2D eigenvalue weighted by Gasteiger charge is -2.21. The van der Waals surface area contributed by atoms with E-state index in [0.717, 1.165) is 23.5 Å². The molecule has 3 rings (SSSR count). The van der Waals surface area contributed by atoms with Crippen LogP contribution in [0.1, 0.15) is 28.1 Å². The van der Waals surface area contributed by atoms with Crippen molar-refractivity contribution in [3.05, 3.63) is 46.2 Å². The zero-order valence-electron chi connectivity index (χ0n) is 14.8. The highest BCUT2D eigenvalue weighted by molar-refractivity contribution is 7.12. The first-order valence-corrected chi connectivity index (χ1v) is 9.23. The zero-order valence-corrected chi connectivity index (χ0v) is 15.6. The van der Waals surface area contributed by atoms with Crippen molar-refractivity contribution in [1.82, 2.24) is 4.90 Å². The summed E-state index contributed by atoms with van der Waals surface area (Å²) in [7, 11) is 2.97. The van der Waals surface area contributed by atoms with E-state index >= 15 is 0 Å². The van der Waals surface area contributed by atoms with Crippen molar-refractivity contribution in [3.8, 4) is 11.5 Å². The molecule has 1 saturated heterocycles. The fraction of sp³-hybridized carbons (Fsp3) is 0.368. The lowest BCUT2D eigenvalue weighted by atomic mass is 10.2. The number of hydrogen-bond donors (Lipinski definition) is 0. The Bertz CT molecular complexity index is 770. The largest absolute Gasteiger partial charge is 0.497 e. The standard InChI is InChI=1S/C19H21NO5S/c1-23-14-5-7-15(8-6-14)25-11-13-10-17(26-12-13)18(21)20-9-3-4-16(20)19(22)24-2/h5-8,10,12,16H,3-4,9,11H2,1-2H3. The van der Waals surface area contributed by atoms with Crippen molar-refractivity contribution < 1.29 is 23.8 Å². The van der Waals surface area contributed by atoms with E-state index in [1.54, 1.807) is 12.0 Å². The van der Waals surface area contributed by atoms with Gasteiger partial charge in [-0.15, -0.1) is 11.3 Å². The summed E-state index contributed by atoms with van der Waals surface area (Å²) in [4.78, 5) is 26.7. The number of nitrogens with zero attached hydrogens (tertiary/aromatic N) is 1. The van der Waals surface area contributed by atoms with E-state index in [9.17, 15) is 9.59 Å². The first kappa shape index (κ1) is 18.3. The smallest absolute Gasteiger partial charge is 0.328 e. The number of amides is 1. The molecule has 1 aromatic carbocycles. The number of hydrogen-bond acceptors (Lipinski definition) is 6. The third kappa shape index (κ3) is 3.99. The van der Waals surface area contributed by atoms with Crippen LogP contribution in [0.3, 0.4) is 0 Å². The summed E-state index contributed by atoms with van der Waals surface area (Å²) in [5.74, 6) is 1.02. The van der Waals surface area contributed by atoms with Gasteiger partial charge in [-0.25, -0.2) is 4.79 Å². The summed E-state index contributed by atoms with van der Waals surface area (Å²) in [5, 5.41) is 1.90. The van der Waals surface area contributed by atoms with Crippen molar-refractivity contribution in [3.63, 3.8) is 0 Å². The molecule has 2 aromatic rings.